The molecule has 0 bridgehead atoms. The molecular weight excluding hydrogens is 412 g/mol. The van der Waals surface area contributed by atoms with Crippen LogP contribution in [0.2, 0.25) is 0 Å². The minimum Gasteiger partial charge on any atom is -0.461 e. The number of hydrogen-bond donors (Lipinski definition) is 0. The first-order valence-electron chi connectivity index (χ1n) is 9.69. The first-order chi connectivity index (χ1) is 13.8. The van der Waals surface area contributed by atoms with Crippen LogP contribution in [0.15, 0.2) is 12.2 Å². The third-order valence-electron chi connectivity index (χ3n) is 4.35. The van der Waals surface area contributed by atoms with Gasteiger partial charge in [-0.1, -0.05) is 27.4 Å². The van der Waals surface area contributed by atoms with E-state index in [1.165, 1.54) is 27.7 Å². The standard InChI is InChI=1S/C20H30F4O6/c1-6-9-19(21,22)16(26)29-12-18(8-3,11-28-15(25)14(4)5)13-30-17(27)20(23,24)10-7-2/h4,6-13H2,1-3,5H3. The molecule has 0 fully saturated rings. The van der Waals surface area contributed by atoms with E-state index in [0.717, 1.165) is 0 Å². The fraction of sp³-hybridized carbons (Fsp3) is 0.750. The quantitative estimate of drug-likeness (QED) is 0.171. The van der Waals surface area contributed by atoms with Crippen LogP contribution in [0.3, 0.4) is 0 Å². The predicted molar refractivity (Wildman–Crippen MR) is 100 cm³/mol. The molecular formula is C20H30F4O6. The Morgan fingerprint density at radius 2 is 1.13 bits per heavy atom. The minimum absolute atomic E-state index is 0.00965. The summed E-state index contributed by atoms with van der Waals surface area (Å²) >= 11 is 0. The van der Waals surface area contributed by atoms with Gasteiger partial charge in [-0.05, 0) is 26.2 Å². The lowest BCUT2D eigenvalue weighted by Crippen LogP contribution is -2.43. The molecule has 0 saturated heterocycles. The molecule has 0 rings (SSSR count). The van der Waals surface area contributed by atoms with Gasteiger partial charge in [0.05, 0.1) is 5.41 Å². The Kier molecular flexibility index (Phi) is 11.1. The smallest absolute Gasteiger partial charge is 0.376 e. The van der Waals surface area contributed by atoms with Crippen molar-refractivity contribution >= 4 is 17.9 Å². The van der Waals surface area contributed by atoms with Crippen LogP contribution in [0.25, 0.3) is 0 Å². The number of alkyl halides is 4. The SMILES string of the molecule is C=C(C)C(=O)OCC(CC)(COC(=O)C(F)(F)CCC)COC(=O)C(F)(F)CCC. The fourth-order valence-corrected chi connectivity index (χ4v) is 2.25. The van der Waals surface area contributed by atoms with Crippen molar-refractivity contribution in [2.24, 2.45) is 5.41 Å². The molecule has 0 heterocycles. The average Bonchev–Trinajstić information content (AvgIpc) is 2.66. The summed E-state index contributed by atoms with van der Waals surface area (Å²) in [6.45, 7) is 7.24. The van der Waals surface area contributed by atoms with E-state index < -0.39 is 67.8 Å². The van der Waals surface area contributed by atoms with E-state index in [4.69, 9.17) is 14.2 Å². The topological polar surface area (TPSA) is 78.9 Å². The van der Waals surface area contributed by atoms with E-state index in [9.17, 15) is 31.9 Å². The Labute approximate surface area is 173 Å². The second kappa shape index (κ2) is 11.9. The van der Waals surface area contributed by atoms with Gasteiger partial charge in [0.15, 0.2) is 0 Å². The van der Waals surface area contributed by atoms with Gasteiger partial charge in [0.25, 0.3) is 0 Å². The molecule has 0 aromatic carbocycles. The first-order valence-corrected chi connectivity index (χ1v) is 9.69. The molecule has 0 aliphatic rings. The number of carbonyl (C=O) groups excluding carboxylic acids is 3. The summed E-state index contributed by atoms with van der Waals surface area (Å²) in [4.78, 5) is 35.1. The maximum atomic E-state index is 13.7. The minimum atomic E-state index is -3.73. The molecule has 0 spiro atoms. The molecule has 6 nitrogen and oxygen atoms in total. The van der Waals surface area contributed by atoms with Gasteiger partial charge >= 0.3 is 29.8 Å². The van der Waals surface area contributed by atoms with Crippen LogP contribution in [-0.2, 0) is 28.6 Å². The third-order valence-corrected chi connectivity index (χ3v) is 4.35. The van der Waals surface area contributed by atoms with Gasteiger partial charge < -0.3 is 14.2 Å². The zero-order valence-electron chi connectivity index (χ0n) is 17.8. The lowest BCUT2D eigenvalue weighted by atomic mass is 9.88. The lowest BCUT2D eigenvalue weighted by molar-refractivity contribution is -0.187. The number of hydrogen-bond acceptors (Lipinski definition) is 6. The summed E-state index contributed by atoms with van der Waals surface area (Å²) in [5, 5.41) is 0. The maximum absolute atomic E-state index is 13.7. The predicted octanol–water partition coefficient (Wildman–Crippen LogP) is 4.46. The Balaban J connectivity index is 5.41. The van der Waals surface area contributed by atoms with Gasteiger partial charge in [0, 0.05) is 18.4 Å². The number of halogens is 4. The summed E-state index contributed by atoms with van der Waals surface area (Å²) in [5.41, 5.74) is -1.45. The van der Waals surface area contributed by atoms with E-state index >= 15 is 0 Å². The average molecular weight is 442 g/mol. The normalized spacial score (nSPS) is 12.3. The second-order valence-corrected chi connectivity index (χ2v) is 7.27. The zero-order chi connectivity index (χ0) is 23.6. The zero-order valence-corrected chi connectivity index (χ0v) is 17.8. The summed E-state index contributed by atoms with van der Waals surface area (Å²) in [5.74, 6) is -11.9. The van der Waals surface area contributed by atoms with E-state index in [0.29, 0.717) is 0 Å². The molecule has 30 heavy (non-hydrogen) atoms. The van der Waals surface area contributed by atoms with Crippen molar-refractivity contribution in [2.45, 2.75) is 71.6 Å². The molecule has 0 aliphatic carbocycles. The fourth-order valence-electron chi connectivity index (χ4n) is 2.25. The van der Waals surface area contributed by atoms with Gasteiger partial charge in [-0.2, -0.15) is 17.6 Å². The van der Waals surface area contributed by atoms with Gasteiger partial charge in [-0.25, -0.2) is 14.4 Å². The number of esters is 3. The van der Waals surface area contributed by atoms with Crippen molar-refractivity contribution in [3.8, 4) is 0 Å². The van der Waals surface area contributed by atoms with Crippen molar-refractivity contribution in [1.29, 1.82) is 0 Å². The van der Waals surface area contributed by atoms with E-state index in [-0.39, 0.29) is 24.8 Å². The Hall–Kier alpha value is -2.13. The Morgan fingerprint density at radius 3 is 1.43 bits per heavy atom. The van der Waals surface area contributed by atoms with Crippen LogP contribution in [-0.4, -0.2) is 49.6 Å². The van der Waals surface area contributed by atoms with Crippen molar-refractivity contribution in [2.75, 3.05) is 19.8 Å². The van der Waals surface area contributed by atoms with Crippen LogP contribution in [0.4, 0.5) is 17.6 Å². The highest BCUT2D eigenvalue weighted by Crippen LogP contribution is 2.29. The molecule has 0 atom stereocenters. The Bertz CT molecular complexity index is 584. The monoisotopic (exact) mass is 442 g/mol. The molecule has 0 aromatic rings. The Morgan fingerprint density at radius 1 is 0.767 bits per heavy atom. The second-order valence-electron chi connectivity index (χ2n) is 7.27. The number of rotatable bonds is 14. The van der Waals surface area contributed by atoms with Crippen molar-refractivity contribution < 1.29 is 46.2 Å². The van der Waals surface area contributed by atoms with Gasteiger partial charge in [0.1, 0.15) is 19.8 Å². The molecule has 0 saturated carbocycles. The van der Waals surface area contributed by atoms with E-state index in [2.05, 4.69) is 6.58 Å². The molecule has 0 N–H and O–H groups in total. The van der Waals surface area contributed by atoms with Crippen LogP contribution in [0, 0.1) is 5.41 Å². The maximum Gasteiger partial charge on any atom is 0.376 e. The van der Waals surface area contributed by atoms with Gasteiger partial charge in [0.2, 0.25) is 0 Å². The molecule has 0 amide bonds. The van der Waals surface area contributed by atoms with Crippen LogP contribution >= 0.6 is 0 Å². The van der Waals surface area contributed by atoms with Gasteiger partial charge in [-0.3, -0.25) is 0 Å². The summed E-state index contributed by atoms with van der Waals surface area (Å²) < 4.78 is 69.2. The summed E-state index contributed by atoms with van der Waals surface area (Å²) in [6.07, 6.45) is -1.39. The number of carbonyl (C=O) groups is 3. The highest BCUT2D eigenvalue weighted by molar-refractivity contribution is 5.87. The largest absolute Gasteiger partial charge is 0.461 e. The van der Waals surface area contributed by atoms with Crippen LogP contribution in [0.5, 0.6) is 0 Å². The molecule has 0 aromatic heterocycles. The van der Waals surface area contributed by atoms with Crippen molar-refractivity contribution in [1.82, 2.24) is 0 Å². The van der Waals surface area contributed by atoms with Gasteiger partial charge in [-0.15, -0.1) is 0 Å². The highest BCUT2D eigenvalue weighted by Gasteiger charge is 2.44. The van der Waals surface area contributed by atoms with Crippen LogP contribution in [0.1, 0.15) is 59.8 Å². The van der Waals surface area contributed by atoms with Crippen molar-refractivity contribution in [3.63, 3.8) is 0 Å². The molecule has 0 radical (unpaired) electrons. The number of ether oxygens (including phenoxy) is 3. The molecule has 174 valence electrons. The first kappa shape index (κ1) is 27.9. The highest BCUT2D eigenvalue weighted by atomic mass is 19.3. The van der Waals surface area contributed by atoms with Crippen molar-refractivity contribution in [3.05, 3.63) is 12.2 Å². The van der Waals surface area contributed by atoms with Crippen LogP contribution < -0.4 is 0 Å². The molecule has 10 heteroatoms. The third kappa shape index (κ3) is 8.71. The molecule has 0 unspecified atom stereocenters. The van der Waals surface area contributed by atoms with E-state index in [1.54, 1.807) is 0 Å². The lowest BCUT2D eigenvalue weighted by Gasteiger charge is -2.32. The van der Waals surface area contributed by atoms with E-state index in [1.807, 2.05) is 0 Å². The molecule has 0 aliphatic heterocycles. The summed E-state index contributed by atoms with van der Waals surface area (Å²) in [6, 6.07) is 0. The summed E-state index contributed by atoms with van der Waals surface area (Å²) in [7, 11) is 0.